The molecular formula is C13H19N5O2. The lowest BCUT2D eigenvalue weighted by Crippen LogP contribution is -2.05. The molecular weight excluding hydrogens is 258 g/mol. The Kier molecular flexibility index (Phi) is 4.52. The van der Waals surface area contributed by atoms with Gasteiger partial charge in [0, 0.05) is 32.8 Å². The maximum absolute atomic E-state index is 5.75. The van der Waals surface area contributed by atoms with Crippen molar-refractivity contribution in [3.05, 3.63) is 23.7 Å². The van der Waals surface area contributed by atoms with E-state index >= 15 is 0 Å². The first-order valence-corrected chi connectivity index (χ1v) is 6.44. The third-order valence-corrected chi connectivity index (χ3v) is 2.61. The summed E-state index contributed by atoms with van der Waals surface area (Å²) in [6.07, 6.45) is 0. The lowest BCUT2D eigenvalue weighted by molar-refractivity contribution is 0.128. The number of ether oxygens (including phenoxy) is 2. The van der Waals surface area contributed by atoms with Crippen LogP contribution in [0.4, 0.5) is 5.82 Å². The highest BCUT2D eigenvalue weighted by Gasteiger charge is 2.09. The van der Waals surface area contributed by atoms with Gasteiger partial charge in [-0.2, -0.15) is 10.1 Å². The van der Waals surface area contributed by atoms with Gasteiger partial charge in [0.05, 0.1) is 5.69 Å². The van der Waals surface area contributed by atoms with Crippen LogP contribution in [0.2, 0.25) is 0 Å². The molecule has 0 aromatic carbocycles. The zero-order valence-electron chi connectivity index (χ0n) is 12.2. The van der Waals surface area contributed by atoms with Crippen LogP contribution >= 0.6 is 0 Å². The van der Waals surface area contributed by atoms with Crippen LogP contribution in [0, 0.1) is 6.92 Å². The smallest absolute Gasteiger partial charge is 0.226 e. The van der Waals surface area contributed by atoms with Crippen molar-refractivity contribution in [1.29, 1.82) is 0 Å². The molecule has 0 aliphatic heterocycles. The van der Waals surface area contributed by atoms with Gasteiger partial charge in [0.25, 0.3) is 0 Å². The van der Waals surface area contributed by atoms with Crippen molar-refractivity contribution >= 4 is 5.82 Å². The molecule has 0 fully saturated rings. The lowest BCUT2D eigenvalue weighted by Gasteiger charge is -2.09. The Hall–Kier alpha value is -2.15. The first-order valence-electron chi connectivity index (χ1n) is 6.44. The summed E-state index contributed by atoms with van der Waals surface area (Å²) in [6, 6.07) is 3.58. The normalized spacial score (nSPS) is 10.6. The minimum absolute atomic E-state index is 0.354. The lowest BCUT2D eigenvalue weighted by atomic mass is 10.5. The molecule has 108 valence electrons. The summed E-state index contributed by atoms with van der Waals surface area (Å²) in [5, 5.41) is 7.21. The fraction of sp³-hybridized carbons (Fsp3) is 0.462. The first kappa shape index (κ1) is 14.3. The summed E-state index contributed by atoms with van der Waals surface area (Å²) < 4.78 is 12.7. The molecule has 0 radical (unpaired) electrons. The quantitative estimate of drug-likeness (QED) is 0.869. The number of aromatic nitrogens is 4. The number of nitrogens with one attached hydrogen (secondary N) is 1. The molecule has 0 spiro atoms. The predicted molar refractivity (Wildman–Crippen MR) is 74.9 cm³/mol. The molecule has 20 heavy (non-hydrogen) atoms. The molecule has 2 rings (SSSR count). The van der Waals surface area contributed by atoms with Crippen LogP contribution in [0.25, 0.3) is 0 Å². The predicted octanol–water partition coefficient (Wildman–Crippen LogP) is 1.89. The molecule has 0 bridgehead atoms. The van der Waals surface area contributed by atoms with E-state index in [0.717, 1.165) is 5.69 Å². The van der Waals surface area contributed by atoms with Gasteiger partial charge in [0.1, 0.15) is 12.4 Å². The van der Waals surface area contributed by atoms with Gasteiger partial charge in [0.15, 0.2) is 5.82 Å². The minimum Gasteiger partial charge on any atom is -0.421 e. The van der Waals surface area contributed by atoms with Gasteiger partial charge in [-0.3, -0.25) is 0 Å². The standard InChI is InChI=1S/C13H19N5O2/c1-5-19-8-11-15-10(14-3)7-12(16-11)20-13-6-9(2)17-18(13)4/h6-7H,5,8H2,1-4H3,(H,14,15,16). The van der Waals surface area contributed by atoms with E-state index in [-0.39, 0.29) is 0 Å². The second-order valence-corrected chi connectivity index (χ2v) is 4.24. The number of hydrogen-bond acceptors (Lipinski definition) is 6. The van der Waals surface area contributed by atoms with Crippen molar-refractivity contribution < 1.29 is 9.47 Å². The monoisotopic (exact) mass is 277 g/mol. The number of aryl methyl sites for hydroxylation is 2. The summed E-state index contributed by atoms with van der Waals surface area (Å²) in [5.74, 6) is 2.35. The molecule has 7 nitrogen and oxygen atoms in total. The highest BCUT2D eigenvalue weighted by Crippen LogP contribution is 2.22. The Bertz CT molecular complexity index is 582. The molecule has 0 saturated carbocycles. The summed E-state index contributed by atoms with van der Waals surface area (Å²) in [6.45, 7) is 4.81. The van der Waals surface area contributed by atoms with Gasteiger partial charge in [-0.15, -0.1) is 0 Å². The van der Waals surface area contributed by atoms with Crippen LogP contribution in [0.3, 0.4) is 0 Å². The largest absolute Gasteiger partial charge is 0.421 e. The van der Waals surface area contributed by atoms with Crippen molar-refractivity contribution in [1.82, 2.24) is 19.7 Å². The van der Waals surface area contributed by atoms with E-state index in [1.807, 2.05) is 27.0 Å². The van der Waals surface area contributed by atoms with Gasteiger partial charge in [-0.05, 0) is 13.8 Å². The van der Waals surface area contributed by atoms with Crippen LogP contribution in [-0.2, 0) is 18.4 Å². The Balaban J connectivity index is 2.23. The maximum atomic E-state index is 5.75. The Morgan fingerprint density at radius 1 is 1.30 bits per heavy atom. The Labute approximate surface area is 118 Å². The zero-order valence-corrected chi connectivity index (χ0v) is 12.2. The Morgan fingerprint density at radius 2 is 2.10 bits per heavy atom. The van der Waals surface area contributed by atoms with E-state index < -0.39 is 0 Å². The molecule has 1 N–H and O–H groups in total. The van der Waals surface area contributed by atoms with E-state index in [2.05, 4.69) is 20.4 Å². The van der Waals surface area contributed by atoms with Gasteiger partial charge in [-0.1, -0.05) is 0 Å². The summed E-state index contributed by atoms with van der Waals surface area (Å²) in [7, 11) is 3.62. The molecule has 2 aromatic heterocycles. The number of anilines is 1. The van der Waals surface area contributed by atoms with E-state index in [4.69, 9.17) is 9.47 Å². The molecule has 0 aliphatic carbocycles. The van der Waals surface area contributed by atoms with Gasteiger partial charge >= 0.3 is 0 Å². The second kappa shape index (κ2) is 6.33. The molecule has 0 aliphatic rings. The molecule has 2 heterocycles. The summed E-state index contributed by atoms with van der Waals surface area (Å²) >= 11 is 0. The fourth-order valence-electron chi connectivity index (χ4n) is 1.70. The molecule has 0 saturated heterocycles. The molecule has 0 unspecified atom stereocenters. The van der Waals surface area contributed by atoms with Crippen LogP contribution in [0.5, 0.6) is 11.8 Å². The fourth-order valence-corrected chi connectivity index (χ4v) is 1.70. The van der Waals surface area contributed by atoms with Crippen molar-refractivity contribution in [2.45, 2.75) is 20.5 Å². The van der Waals surface area contributed by atoms with E-state index in [1.54, 1.807) is 17.8 Å². The molecule has 2 aromatic rings. The van der Waals surface area contributed by atoms with Gasteiger partial charge in [0.2, 0.25) is 11.8 Å². The summed E-state index contributed by atoms with van der Waals surface area (Å²) in [5.41, 5.74) is 0.889. The average Bonchev–Trinajstić information content (AvgIpc) is 2.74. The van der Waals surface area contributed by atoms with Gasteiger partial charge in [-0.25, -0.2) is 9.67 Å². The minimum atomic E-state index is 0.354. The zero-order chi connectivity index (χ0) is 14.5. The third-order valence-electron chi connectivity index (χ3n) is 2.61. The van der Waals surface area contributed by atoms with Crippen molar-refractivity contribution in [3.63, 3.8) is 0 Å². The van der Waals surface area contributed by atoms with Crippen molar-refractivity contribution in [2.75, 3.05) is 19.0 Å². The SMILES string of the molecule is CCOCc1nc(NC)cc(Oc2cc(C)nn2C)n1. The average molecular weight is 277 g/mol. The van der Waals surface area contributed by atoms with Crippen LogP contribution < -0.4 is 10.1 Å². The number of rotatable bonds is 6. The molecule has 0 atom stereocenters. The van der Waals surface area contributed by atoms with Crippen LogP contribution in [0.15, 0.2) is 12.1 Å². The molecule has 0 amide bonds. The third kappa shape index (κ3) is 3.45. The molecule has 7 heteroatoms. The second-order valence-electron chi connectivity index (χ2n) is 4.24. The topological polar surface area (TPSA) is 74.1 Å². The number of hydrogen-bond donors (Lipinski definition) is 1. The number of nitrogens with zero attached hydrogens (tertiary/aromatic N) is 4. The van der Waals surface area contributed by atoms with Gasteiger partial charge < -0.3 is 14.8 Å². The van der Waals surface area contributed by atoms with Crippen LogP contribution in [-0.4, -0.2) is 33.4 Å². The maximum Gasteiger partial charge on any atom is 0.226 e. The first-order chi connectivity index (χ1) is 9.62. The van der Waals surface area contributed by atoms with Crippen molar-refractivity contribution in [3.8, 4) is 11.8 Å². The van der Waals surface area contributed by atoms with E-state index in [1.165, 1.54) is 0 Å². The Morgan fingerprint density at radius 3 is 2.70 bits per heavy atom. The van der Waals surface area contributed by atoms with E-state index in [9.17, 15) is 0 Å². The highest BCUT2D eigenvalue weighted by molar-refractivity contribution is 5.38. The summed E-state index contributed by atoms with van der Waals surface area (Å²) in [4.78, 5) is 8.63. The van der Waals surface area contributed by atoms with Crippen molar-refractivity contribution in [2.24, 2.45) is 7.05 Å². The van der Waals surface area contributed by atoms with Crippen LogP contribution in [0.1, 0.15) is 18.4 Å². The van der Waals surface area contributed by atoms with E-state index in [0.29, 0.717) is 36.6 Å². The highest BCUT2D eigenvalue weighted by atomic mass is 16.5.